The Morgan fingerprint density at radius 3 is 2.46 bits per heavy atom. The molecule has 2 aromatic carbocycles. The molecule has 0 aromatic heterocycles. The maximum Gasteiger partial charge on any atom is 0.416 e. The number of benzene rings is 2. The summed E-state index contributed by atoms with van der Waals surface area (Å²) in [5.41, 5.74) is 5.61. The van der Waals surface area contributed by atoms with Gasteiger partial charge in [-0.05, 0) is 42.0 Å². The molecule has 0 aliphatic rings. The monoisotopic (exact) mass is 333 g/mol. The van der Waals surface area contributed by atoms with Crippen LogP contribution in [0.4, 0.5) is 13.2 Å². The second-order valence-corrected chi connectivity index (χ2v) is 4.96. The van der Waals surface area contributed by atoms with Gasteiger partial charge < -0.3 is 10.5 Å². The zero-order valence-electron chi connectivity index (χ0n) is 12.6. The summed E-state index contributed by atoms with van der Waals surface area (Å²) >= 11 is 0. The van der Waals surface area contributed by atoms with E-state index in [9.17, 15) is 18.0 Å². The minimum absolute atomic E-state index is 0.0705. The molecule has 0 heterocycles. The van der Waals surface area contributed by atoms with Crippen molar-refractivity contribution < 1.29 is 22.7 Å². The second-order valence-electron chi connectivity index (χ2n) is 4.96. The van der Waals surface area contributed by atoms with Crippen molar-refractivity contribution in [3.63, 3.8) is 0 Å². The number of nitrogens with two attached hydrogens (primary N) is 1. The van der Waals surface area contributed by atoms with E-state index in [0.29, 0.717) is 11.3 Å². The number of amides is 1. The topological polar surface area (TPSA) is 52.3 Å². The molecule has 0 saturated carbocycles. The molecule has 0 radical (unpaired) electrons. The number of halogens is 3. The second kappa shape index (κ2) is 7.55. The Balaban J connectivity index is 1.93. The van der Waals surface area contributed by atoms with E-state index in [1.54, 1.807) is 24.3 Å². The van der Waals surface area contributed by atoms with Crippen molar-refractivity contribution in [3.05, 3.63) is 65.2 Å². The predicted octanol–water partition coefficient (Wildman–Crippen LogP) is 3.16. The van der Waals surface area contributed by atoms with E-state index in [1.165, 1.54) is 12.1 Å². The lowest BCUT2D eigenvalue weighted by molar-refractivity contribution is -0.137. The van der Waals surface area contributed by atoms with Gasteiger partial charge in [-0.15, -0.1) is 0 Å². The number of alkyl halides is 3. The van der Waals surface area contributed by atoms with Crippen LogP contribution in [0.15, 0.2) is 48.5 Å². The molecule has 124 valence electrons. The van der Waals surface area contributed by atoms with Crippen LogP contribution < -0.4 is 10.5 Å². The zero-order valence-corrected chi connectivity index (χ0v) is 12.6. The smallest absolute Gasteiger partial charge is 0.416 e. The summed E-state index contributed by atoms with van der Waals surface area (Å²) in [6, 6.07) is 11.5. The maximum atomic E-state index is 12.4. The van der Waals surface area contributed by atoms with E-state index in [1.807, 2.05) is 0 Å². The summed E-state index contributed by atoms with van der Waals surface area (Å²) in [7, 11) is 0. The standard InChI is InChI=1S/C18H14F3NO2/c19-18(20,21)15-8-6-13(7-9-15)4-2-10-24-16-5-1-3-14(11-16)12-17(22)23/h1,3,5-9,11H,10,12H2,(H2,22,23). The van der Waals surface area contributed by atoms with E-state index in [2.05, 4.69) is 11.8 Å². The van der Waals surface area contributed by atoms with Crippen molar-refractivity contribution in [2.45, 2.75) is 12.6 Å². The molecule has 1 amide bonds. The van der Waals surface area contributed by atoms with Crippen molar-refractivity contribution in [2.24, 2.45) is 5.73 Å². The van der Waals surface area contributed by atoms with E-state index >= 15 is 0 Å². The summed E-state index contributed by atoms with van der Waals surface area (Å²) in [5.74, 6) is 5.55. The molecule has 0 saturated heterocycles. The van der Waals surface area contributed by atoms with Crippen LogP contribution in [0.2, 0.25) is 0 Å². The van der Waals surface area contributed by atoms with Gasteiger partial charge in [-0.3, -0.25) is 4.79 Å². The highest BCUT2D eigenvalue weighted by Gasteiger charge is 2.29. The third-order valence-electron chi connectivity index (χ3n) is 3.03. The molecule has 0 bridgehead atoms. The van der Waals surface area contributed by atoms with Gasteiger partial charge in [-0.2, -0.15) is 13.2 Å². The van der Waals surface area contributed by atoms with Gasteiger partial charge in [0, 0.05) is 5.56 Å². The lowest BCUT2D eigenvalue weighted by Gasteiger charge is -2.05. The number of carbonyl (C=O) groups is 1. The van der Waals surface area contributed by atoms with Gasteiger partial charge in [0.15, 0.2) is 0 Å². The number of hydrogen-bond acceptors (Lipinski definition) is 2. The lowest BCUT2D eigenvalue weighted by atomic mass is 10.1. The molecule has 0 atom stereocenters. The van der Waals surface area contributed by atoms with Gasteiger partial charge in [0.2, 0.25) is 5.91 Å². The molecule has 0 spiro atoms. The number of rotatable bonds is 4. The van der Waals surface area contributed by atoms with E-state index < -0.39 is 17.6 Å². The first kappa shape index (κ1) is 17.4. The van der Waals surface area contributed by atoms with Crippen molar-refractivity contribution in [3.8, 4) is 17.6 Å². The zero-order chi connectivity index (χ0) is 17.6. The normalized spacial score (nSPS) is 10.6. The van der Waals surface area contributed by atoms with Gasteiger partial charge in [-0.1, -0.05) is 24.0 Å². The fourth-order valence-corrected chi connectivity index (χ4v) is 1.95. The van der Waals surface area contributed by atoms with E-state index in [0.717, 1.165) is 17.7 Å². The molecule has 3 nitrogen and oxygen atoms in total. The van der Waals surface area contributed by atoms with Gasteiger partial charge in [0.05, 0.1) is 12.0 Å². The molecular formula is C18H14F3NO2. The van der Waals surface area contributed by atoms with E-state index in [4.69, 9.17) is 10.5 Å². The Hall–Kier alpha value is -2.94. The molecule has 2 N–H and O–H groups in total. The van der Waals surface area contributed by atoms with Crippen LogP contribution in [0.1, 0.15) is 16.7 Å². The third-order valence-corrected chi connectivity index (χ3v) is 3.03. The summed E-state index contributed by atoms with van der Waals surface area (Å²) in [6.07, 6.45) is -4.24. The minimum Gasteiger partial charge on any atom is -0.481 e. The molecule has 0 unspecified atom stereocenters. The van der Waals surface area contributed by atoms with Crippen LogP contribution in [0.25, 0.3) is 0 Å². The molecule has 2 rings (SSSR count). The highest BCUT2D eigenvalue weighted by atomic mass is 19.4. The summed E-state index contributed by atoms with van der Waals surface area (Å²) in [5, 5.41) is 0. The molecule has 6 heteroatoms. The Morgan fingerprint density at radius 1 is 1.12 bits per heavy atom. The van der Waals surface area contributed by atoms with Gasteiger partial charge in [0.1, 0.15) is 12.4 Å². The fraction of sp³-hybridized carbons (Fsp3) is 0.167. The lowest BCUT2D eigenvalue weighted by Crippen LogP contribution is -2.13. The van der Waals surface area contributed by atoms with Crippen LogP contribution >= 0.6 is 0 Å². The Labute approximate surface area is 137 Å². The molecule has 2 aromatic rings. The molecule has 0 fully saturated rings. The molecular weight excluding hydrogens is 319 g/mol. The summed E-state index contributed by atoms with van der Waals surface area (Å²) in [4.78, 5) is 10.9. The van der Waals surface area contributed by atoms with Crippen LogP contribution in [0, 0.1) is 11.8 Å². The van der Waals surface area contributed by atoms with Gasteiger partial charge in [0.25, 0.3) is 0 Å². The number of primary amides is 1. The Kier molecular flexibility index (Phi) is 5.48. The summed E-state index contributed by atoms with van der Waals surface area (Å²) < 4.78 is 42.7. The third kappa shape index (κ3) is 5.36. The van der Waals surface area contributed by atoms with Crippen molar-refractivity contribution in [1.82, 2.24) is 0 Å². The predicted molar refractivity (Wildman–Crippen MR) is 83.2 cm³/mol. The van der Waals surface area contributed by atoms with Gasteiger partial charge >= 0.3 is 6.18 Å². The maximum absolute atomic E-state index is 12.4. The Bertz CT molecular complexity index is 771. The highest BCUT2D eigenvalue weighted by Crippen LogP contribution is 2.28. The fourth-order valence-electron chi connectivity index (χ4n) is 1.95. The van der Waals surface area contributed by atoms with E-state index in [-0.39, 0.29) is 13.0 Å². The van der Waals surface area contributed by atoms with Crippen LogP contribution in [0.3, 0.4) is 0 Å². The number of carbonyl (C=O) groups excluding carboxylic acids is 1. The molecule has 24 heavy (non-hydrogen) atoms. The van der Waals surface area contributed by atoms with Crippen molar-refractivity contribution >= 4 is 5.91 Å². The first-order valence-corrected chi connectivity index (χ1v) is 7.01. The summed E-state index contributed by atoms with van der Waals surface area (Å²) in [6.45, 7) is 0.0705. The SMILES string of the molecule is NC(=O)Cc1cccc(OCC#Cc2ccc(C(F)(F)F)cc2)c1. The number of hydrogen-bond donors (Lipinski definition) is 1. The highest BCUT2D eigenvalue weighted by molar-refractivity contribution is 5.76. The molecule has 0 aliphatic heterocycles. The quantitative estimate of drug-likeness (QED) is 0.874. The van der Waals surface area contributed by atoms with Gasteiger partial charge in [-0.25, -0.2) is 0 Å². The first-order chi connectivity index (χ1) is 11.3. The van der Waals surface area contributed by atoms with Crippen LogP contribution in [-0.2, 0) is 17.4 Å². The van der Waals surface area contributed by atoms with Crippen LogP contribution in [0.5, 0.6) is 5.75 Å². The molecule has 0 aliphatic carbocycles. The van der Waals surface area contributed by atoms with Crippen molar-refractivity contribution in [1.29, 1.82) is 0 Å². The Morgan fingerprint density at radius 2 is 1.83 bits per heavy atom. The van der Waals surface area contributed by atoms with Crippen LogP contribution in [-0.4, -0.2) is 12.5 Å². The van der Waals surface area contributed by atoms with Crippen molar-refractivity contribution in [2.75, 3.05) is 6.61 Å². The average molecular weight is 333 g/mol. The minimum atomic E-state index is -4.36. The largest absolute Gasteiger partial charge is 0.481 e. The average Bonchev–Trinajstić information content (AvgIpc) is 2.51. The number of ether oxygens (including phenoxy) is 1. The first-order valence-electron chi connectivity index (χ1n) is 7.01.